The molecule has 5 heteroatoms. The van der Waals surface area contributed by atoms with Gasteiger partial charge in [0.05, 0.1) is 11.3 Å². The van der Waals surface area contributed by atoms with Crippen LogP contribution < -0.4 is 0 Å². The first-order valence-corrected chi connectivity index (χ1v) is 9.53. The molecule has 29 heavy (non-hydrogen) atoms. The molecule has 0 spiro atoms. The Bertz CT molecular complexity index is 1070. The molecule has 0 amide bonds. The second-order valence-electron chi connectivity index (χ2n) is 7.32. The van der Waals surface area contributed by atoms with Gasteiger partial charge in [-0.15, -0.1) is 0 Å². The van der Waals surface area contributed by atoms with Crippen LogP contribution in [0.5, 0.6) is 0 Å². The van der Waals surface area contributed by atoms with Gasteiger partial charge in [0.1, 0.15) is 0 Å². The average molecular weight is 394 g/mol. The van der Waals surface area contributed by atoms with Gasteiger partial charge in [-0.05, 0) is 56.5 Å². The minimum Gasteiger partial charge on any atom is -0.321 e. The summed E-state index contributed by atoms with van der Waals surface area (Å²) in [6, 6.07) is 9.04. The predicted molar refractivity (Wildman–Crippen MR) is 109 cm³/mol. The zero-order valence-electron chi connectivity index (χ0n) is 16.3. The number of aromatic nitrogens is 1. The van der Waals surface area contributed by atoms with Crippen LogP contribution >= 0.6 is 0 Å². The Morgan fingerprint density at radius 3 is 2.66 bits per heavy atom. The zero-order valence-corrected chi connectivity index (χ0v) is 16.3. The minimum atomic E-state index is -4.39. The fourth-order valence-corrected chi connectivity index (χ4v) is 3.73. The van der Waals surface area contributed by atoms with Crippen molar-refractivity contribution in [3.05, 3.63) is 95.1 Å². The molecule has 0 bridgehead atoms. The van der Waals surface area contributed by atoms with E-state index in [4.69, 9.17) is 0 Å². The zero-order chi connectivity index (χ0) is 20.6. The van der Waals surface area contributed by atoms with Gasteiger partial charge in [-0.25, -0.2) is 0 Å². The molecular weight excluding hydrogens is 373 g/mol. The van der Waals surface area contributed by atoms with E-state index in [-0.39, 0.29) is 0 Å². The van der Waals surface area contributed by atoms with Gasteiger partial charge in [-0.1, -0.05) is 30.4 Å². The van der Waals surface area contributed by atoms with E-state index in [0.717, 1.165) is 47.5 Å². The number of rotatable bonds is 2. The lowest BCUT2D eigenvalue weighted by Gasteiger charge is -2.28. The van der Waals surface area contributed by atoms with Crippen LogP contribution in [0.25, 0.3) is 16.8 Å². The van der Waals surface area contributed by atoms with Crippen LogP contribution in [-0.2, 0) is 6.18 Å². The molecule has 2 aliphatic heterocycles. The summed E-state index contributed by atoms with van der Waals surface area (Å²) in [6.45, 7) is 4.21. The van der Waals surface area contributed by atoms with Gasteiger partial charge in [0, 0.05) is 40.5 Å². The summed E-state index contributed by atoms with van der Waals surface area (Å²) < 4.78 is 39.5. The van der Waals surface area contributed by atoms with E-state index >= 15 is 0 Å². The maximum Gasteiger partial charge on any atom is 0.416 e. The van der Waals surface area contributed by atoms with Crippen LogP contribution in [0.1, 0.15) is 37.8 Å². The van der Waals surface area contributed by atoms with Crippen molar-refractivity contribution in [1.29, 1.82) is 0 Å². The Labute approximate surface area is 168 Å². The quantitative estimate of drug-likeness (QED) is 0.548. The van der Waals surface area contributed by atoms with Gasteiger partial charge in [0.15, 0.2) is 0 Å². The molecule has 0 saturated heterocycles. The second-order valence-corrected chi connectivity index (χ2v) is 7.32. The van der Waals surface area contributed by atoms with E-state index < -0.39 is 11.7 Å². The normalized spacial score (nSPS) is 16.9. The molecule has 1 aromatic carbocycles. The molecule has 0 atom stereocenters. The summed E-state index contributed by atoms with van der Waals surface area (Å²) in [5.74, 6) is 0. The van der Waals surface area contributed by atoms with Crippen LogP contribution in [-0.4, -0.2) is 9.88 Å². The maximum atomic E-state index is 13.2. The molecule has 1 aromatic heterocycles. The van der Waals surface area contributed by atoms with Crippen LogP contribution in [0.3, 0.4) is 0 Å². The average Bonchev–Trinajstić information content (AvgIpc) is 2.86. The Morgan fingerprint density at radius 1 is 1.03 bits per heavy atom. The first-order chi connectivity index (χ1) is 13.8. The Morgan fingerprint density at radius 2 is 1.86 bits per heavy atom. The first kappa shape index (κ1) is 19.2. The van der Waals surface area contributed by atoms with Gasteiger partial charge in [0.2, 0.25) is 0 Å². The number of halogens is 3. The molecule has 2 aromatic rings. The lowest BCUT2D eigenvalue weighted by atomic mass is 9.96. The van der Waals surface area contributed by atoms with Gasteiger partial charge < -0.3 is 4.90 Å². The summed E-state index contributed by atoms with van der Waals surface area (Å²) in [4.78, 5) is 6.57. The van der Waals surface area contributed by atoms with E-state index in [0.29, 0.717) is 11.3 Å². The molecule has 148 valence electrons. The third-order valence-electron chi connectivity index (χ3n) is 5.31. The number of allylic oxidation sites excluding steroid dienone is 6. The van der Waals surface area contributed by atoms with E-state index in [1.165, 1.54) is 11.6 Å². The van der Waals surface area contributed by atoms with E-state index in [1.54, 1.807) is 12.3 Å². The number of alkyl halides is 3. The summed E-state index contributed by atoms with van der Waals surface area (Å²) in [7, 11) is 0. The Kier molecular flexibility index (Phi) is 4.91. The first-order valence-electron chi connectivity index (χ1n) is 9.53. The number of pyridine rings is 1. The molecule has 0 saturated carbocycles. The van der Waals surface area contributed by atoms with Gasteiger partial charge in [-0.2, -0.15) is 13.2 Å². The molecule has 0 unspecified atom stereocenters. The summed E-state index contributed by atoms with van der Waals surface area (Å²) in [5.41, 5.74) is 5.64. The number of fused-ring (bicyclic) bond motifs is 1. The molecule has 4 rings (SSSR count). The Balaban J connectivity index is 1.81. The van der Waals surface area contributed by atoms with E-state index in [1.807, 2.05) is 24.4 Å². The maximum absolute atomic E-state index is 13.2. The highest BCUT2D eigenvalue weighted by molar-refractivity contribution is 5.85. The number of nitrogens with zero attached hydrogens (tertiary/aromatic N) is 2. The number of hydrogen-bond donors (Lipinski definition) is 0. The Hall–Kier alpha value is -3.08. The van der Waals surface area contributed by atoms with Gasteiger partial charge in [-0.3, -0.25) is 4.98 Å². The van der Waals surface area contributed by atoms with Crippen molar-refractivity contribution < 1.29 is 13.2 Å². The third kappa shape index (κ3) is 3.77. The van der Waals surface area contributed by atoms with Crippen LogP contribution in [0, 0.1) is 0 Å². The highest BCUT2D eigenvalue weighted by atomic mass is 19.4. The summed E-state index contributed by atoms with van der Waals surface area (Å²) in [6.07, 6.45) is 7.58. The predicted octanol–water partition coefficient (Wildman–Crippen LogP) is 6.95. The SMILES string of the molecule is CC1=CCCC(C)=C2C=CC(c3cccnc3-c3cccc(C(F)(F)F)c3)=CN12. The second kappa shape index (κ2) is 7.39. The summed E-state index contributed by atoms with van der Waals surface area (Å²) >= 11 is 0. The standard InChI is InChI=1S/C24H21F3N2/c1-16-6-3-7-17(2)29-15-19(11-12-22(16)29)21-10-5-13-28-23(21)18-8-4-9-20(14-18)24(25,26)27/h4-5,7-15H,3,6H2,1-2H3. The van der Waals surface area contributed by atoms with Crippen molar-refractivity contribution in [3.63, 3.8) is 0 Å². The van der Waals surface area contributed by atoms with Crippen molar-refractivity contribution in [2.24, 2.45) is 0 Å². The molecular formula is C24H21F3N2. The fraction of sp³-hybridized carbons (Fsp3) is 0.208. The number of benzene rings is 1. The van der Waals surface area contributed by atoms with Gasteiger partial charge in [0.25, 0.3) is 0 Å². The van der Waals surface area contributed by atoms with Crippen molar-refractivity contribution in [3.8, 4) is 11.3 Å². The highest BCUT2D eigenvalue weighted by Gasteiger charge is 2.30. The van der Waals surface area contributed by atoms with Crippen molar-refractivity contribution >= 4 is 5.57 Å². The lowest BCUT2D eigenvalue weighted by molar-refractivity contribution is -0.137. The van der Waals surface area contributed by atoms with Crippen molar-refractivity contribution in [1.82, 2.24) is 9.88 Å². The molecule has 0 fully saturated rings. The highest BCUT2D eigenvalue weighted by Crippen LogP contribution is 2.37. The van der Waals surface area contributed by atoms with Crippen molar-refractivity contribution in [2.45, 2.75) is 32.9 Å². The van der Waals surface area contributed by atoms with Crippen molar-refractivity contribution in [2.75, 3.05) is 0 Å². The molecule has 0 aliphatic carbocycles. The van der Waals surface area contributed by atoms with E-state index in [9.17, 15) is 13.2 Å². The smallest absolute Gasteiger partial charge is 0.321 e. The molecule has 0 radical (unpaired) electrons. The molecule has 3 heterocycles. The molecule has 2 nitrogen and oxygen atoms in total. The largest absolute Gasteiger partial charge is 0.416 e. The van der Waals surface area contributed by atoms with Crippen LogP contribution in [0.2, 0.25) is 0 Å². The molecule has 2 aliphatic rings. The monoisotopic (exact) mass is 394 g/mol. The fourth-order valence-electron chi connectivity index (χ4n) is 3.73. The van der Waals surface area contributed by atoms with Crippen LogP contribution in [0.4, 0.5) is 13.2 Å². The number of hydrogen-bond acceptors (Lipinski definition) is 2. The van der Waals surface area contributed by atoms with Crippen LogP contribution in [0.15, 0.2) is 84.0 Å². The topological polar surface area (TPSA) is 16.1 Å². The van der Waals surface area contributed by atoms with E-state index in [2.05, 4.69) is 35.9 Å². The summed E-state index contributed by atoms with van der Waals surface area (Å²) in [5, 5.41) is 0. The third-order valence-corrected chi connectivity index (χ3v) is 5.31. The molecule has 0 N–H and O–H groups in total. The minimum absolute atomic E-state index is 0.449. The lowest BCUT2D eigenvalue weighted by Crippen LogP contribution is -2.17. The van der Waals surface area contributed by atoms with Gasteiger partial charge >= 0.3 is 6.18 Å².